The second kappa shape index (κ2) is 6.34. The van der Waals surface area contributed by atoms with Gasteiger partial charge in [-0.25, -0.2) is 4.39 Å². The zero-order chi connectivity index (χ0) is 11.5. The molecule has 1 saturated heterocycles. The van der Waals surface area contributed by atoms with Crippen LogP contribution in [0.3, 0.4) is 0 Å². The van der Waals surface area contributed by atoms with Crippen LogP contribution in [0.15, 0.2) is 24.3 Å². The molecule has 0 spiro atoms. The predicted octanol–water partition coefficient (Wildman–Crippen LogP) is 2.59. The van der Waals surface area contributed by atoms with Crippen LogP contribution in [0.4, 0.5) is 4.39 Å². The van der Waals surface area contributed by atoms with Gasteiger partial charge < -0.3 is 5.73 Å². The van der Waals surface area contributed by atoms with Crippen LogP contribution in [0.25, 0.3) is 0 Å². The molecule has 1 aromatic carbocycles. The molecule has 0 saturated carbocycles. The Balaban J connectivity index is 0.00000144. The first-order valence-corrected chi connectivity index (χ1v) is 5.90. The van der Waals surface area contributed by atoms with Gasteiger partial charge in [-0.1, -0.05) is 12.1 Å². The average Bonchev–Trinajstić information content (AvgIpc) is 2.77. The Hall–Kier alpha value is -0.640. The summed E-state index contributed by atoms with van der Waals surface area (Å²) in [5.74, 6) is 0.458. The SMILES string of the molecule is CC(c1ccc(F)cc1)N1CCC(CN)C1.Cl. The summed E-state index contributed by atoms with van der Waals surface area (Å²) < 4.78 is 12.8. The summed E-state index contributed by atoms with van der Waals surface area (Å²) in [5.41, 5.74) is 6.86. The number of nitrogens with two attached hydrogens (primary N) is 1. The lowest BCUT2D eigenvalue weighted by atomic mass is 10.1. The highest BCUT2D eigenvalue weighted by molar-refractivity contribution is 5.85. The summed E-state index contributed by atoms with van der Waals surface area (Å²) in [7, 11) is 0. The maximum atomic E-state index is 12.8. The van der Waals surface area contributed by atoms with E-state index < -0.39 is 0 Å². The number of likely N-dealkylation sites (tertiary alicyclic amines) is 1. The van der Waals surface area contributed by atoms with Crippen molar-refractivity contribution in [1.29, 1.82) is 0 Å². The molecule has 0 radical (unpaired) electrons. The monoisotopic (exact) mass is 258 g/mol. The van der Waals surface area contributed by atoms with Crippen LogP contribution in [0.2, 0.25) is 0 Å². The normalized spacial score (nSPS) is 22.2. The topological polar surface area (TPSA) is 29.3 Å². The zero-order valence-electron chi connectivity index (χ0n) is 10.1. The fraction of sp³-hybridized carbons (Fsp3) is 0.538. The molecule has 2 N–H and O–H groups in total. The van der Waals surface area contributed by atoms with Gasteiger partial charge in [-0.05, 0) is 50.0 Å². The van der Waals surface area contributed by atoms with Crippen LogP contribution in [-0.4, -0.2) is 24.5 Å². The van der Waals surface area contributed by atoms with E-state index in [1.807, 2.05) is 12.1 Å². The van der Waals surface area contributed by atoms with Gasteiger partial charge in [0.25, 0.3) is 0 Å². The lowest BCUT2D eigenvalue weighted by Gasteiger charge is -2.24. The molecule has 0 amide bonds. The summed E-state index contributed by atoms with van der Waals surface area (Å²) in [5, 5.41) is 0. The van der Waals surface area contributed by atoms with E-state index in [-0.39, 0.29) is 18.2 Å². The highest BCUT2D eigenvalue weighted by atomic mass is 35.5. The molecule has 2 atom stereocenters. The standard InChI is InChI=1S/C13H19FN2.ClH/c1-10(12-2-4-13(14)5-3-12)16-7-6-11(8-15)9-16;/h2-5,10-11H,6-9,15H2,1H3;1H. The Kier molecular flexibility index (Phi) is 5.37. The van der Waals surface area contributed by atoms with Gasteiger partial charge in [0.05, 0.1) is 0 Å². The van der Waals surface area contributed by atoms with Crippen molar-refractivity contribution in [3.8, 4) is 0 Å². The molecule has 1 aliphatic heterocycles. The van der Waals surface area contributed by atoms with Gasteiger partial charge in [-0.3, -0.25) is 4.90 Å². The van der Waals surface area contributed by atoms with Gasteiger partial charge in [-0.2, -0.15) is 0 Å². The fourth-order valence-corrected chi connectivity index (χ4v) is 2.36. The van der Waals surface area contributed by atoms with E-state index in [9.17, 15) is 4.39 Å². The molecule has 0 aromatic heterocycles. The van der Waals surface area contributed by atoms with E-state index in [4.69, 9.17) is 5.73 Å². The maximum absolute atomic E-state index is 12.8. The van der Waals surface area contributed by atoms with Crippen molar-refractivity contribution in [3.05, 3.63) is 35.6 Å². The first kappa shape index (κ1) is 14.4. The summed E-state index contributed by atoms with van der Waals surface area (Å²) in [4.78, 5) is 2.42. The third-order valence-corrected chi connectivity index (χ3v) is 3.55. The first-order chi connectivity index (χ1) is 7.70. The van der Waals surface area contributed by atoms with Gasteiger partial charge in [0.15, 0.2) is 0 Å². The first-order valence-electron chi connectivity index (χ1n) is 5.90. The van der Waals surface area contributed by atoms with Gasteiger partial charge >= 0.3 is 0 Å². The van der Waals surface area contributed by atoms with E-state index >= 15 is 0 Å². The molecule has 1 aromatic rings. The number of nitrogens with zero attached hydrogens (tertiary/aromatic N) is 1. The van der Waals surface area contributed by atoms with Gasteiger partial charge in [0.1, 0.15) is 5.82 Å². The number of hydrogen-bond acceptors (Lipinski definition) is 2. The van der Waals surface area contributed by atoms with Crippen LogP contribution in [0, 0.1) is 11.7 Å². The Morgan fingerprint density at radius 1 is 1.41 bits per heavy atom. The van der Waals surface area contributed by atoms with E-state index in [2.05, 4.69) is 11.8 Å². The van der Waals surface area contributed by atoms with Crippen molar-refractivity contribution in [2.45, 2.75) is 19.4 Å². The van der Waals surface area contributed by atoms with Crippen molar-refractivity contribution in [2.24, 2.45) is 11.7 Å². The highest BCUT2D eigenvalue weighted by Gasteiger charge is 2.25. The smallest absolute Gasteiger partial charge is 0.123 e. The number of rotatable bonds is 3. The largest absolute Gasteiger partial charge is 0.330 e. The summed E-state index contributed by atoms with van der Waals surface area (Å²) in [6.07, 6.45) is 1.18. The second-order valence-corrected chi connectivity index (χ2v) is 4.61. The molecular weight excluding hydrogens is 239 g/mol. The Labute approximate surface area is 108 Å². The summed E-state index contributed by atoms with van der Waals surface area (Å²) in [6, 6.07) is 7.16. The predicted molar refractivity (Wildman–Crippen MR) is 70.8 cm³/mol. The van der Waals surface area contributed by atoms with Crippen LogP contribution >= 0.6 is 12.4 Å². The maximum Gasteiger partial charge on any atom is 0.123 e. The minimum absolute atomic E-state index is 0. The fourth-order valence-electron chi connectivity index (χ4n) is 2.36. The molecule has 2 rings (SSSR count). The highest BCUT2D eigenvalue weighted by Crippen LogP contribution is 2.26. The molecule has 4 heteroatoms. The molecule has 1 fully saturated rings. The second-order valence-electron chi connectivity index (χ2n) is 4.61. The molecule has 1 heterocycles. The Bertz CT molecular complexity index is 342. The molecular formula is C13H20ClFN2. The van der Waals surface area contributed by atoms with E-state index in [1.165, 1.54) is 24.1 Å². The molecule has 0 aliphatic carbocycles. The van der Waals surface area contributed by atoms with Crippen molar-refractivity contribution in [2.75, 3.05) is 19.6 Å². The van der Waals surface area contributed by atoms with Crippen molar-refractivity contribution in [3.63, 3.8) is 0 Å². The summed E-state index contributed by atoms with van der Waals surface area (Å²) in [6.45, 7) is 5.11. The van der Waals surface area contributed by atoms with Crippen LogP contribution in [0.1, 0.15) is 24.9 Å². The quantitative estimate of drug-likeness (QED) is 0.903. The molecule has 17 heavy (non-hydrogen) atoms. The van der Waals surface area contributed by atoms with Crippen LogP contribution in [-0.2, 0) is 0 Å². The van der Waals surface area contributed by atoms with Gasteiger partial charge in [0, 0.05) is 12.6 Å². The third-order valence-electron chi connectivity index (χ3n) is 3.55. The average molecular weight is 259 g/mol. The van der Waals surface area contributed by atoms with E-state index in [1.54, 1.807) is 0 Å². The van der Waals surface area contributed by atoms with Crippen LogP contribution < -0.4 is 5.73 Å². The van der Waals surface area contributed by atoms with E-state index in [0.29, 0.717) is 12.0 Å². The third kappa shape index (κ3) is 3.41. The Morgan fingerprint density at radius 2 is 2.06 bits per heavy atom. The van der Waals surface area contributed by atoms with Crippen molar-refractivity contribution < 1.29 is 4.39 Å². The number of halogens is 2. The molecule has 2 nitrogen and oxygen atoms in total. The number of hydrogen-bond donors (Lipinski definition) is 1. The van der Waals surface area contributed by atoms with Crippen LogP contribution in [0.5, 0.6) is 0 Å². The zero-order valence-corrected chi connectivity index (χ0v) is 10.9. The summed E-state index contributed by atoms with van der Waals surface area (Å²) >= 11 is 0. The van der Waals surface area contributed by atoms with E-state index in [0.717, 1.165) is 19.6 Å². The van der Waals surface area contributed by atoms with Gasteiger partial charge in [0.2, 0.25) is 0 Å². The van der Waals surface area contributed by atoms with Gasteiger partial charge in [-0.15, -0.1) is 12.4 Å². The number of benzene rings is 1. The minimum atomic E-state index is -0.169. The molecule has 2 unspecified atom stereocenters. The minimum Gasteiger partial charge on any atom is -0.330 e. The molecule has 0 bridgehead atoms. The lowest BCUT2D eigenvalue weighted by Crippen LogP contribution is -2.26. The van der Waals surface area contributed by atoms with Crippen molar-refractivity contribution >= 4 is 12.4 Å². The lowest BCUT2D eigenvalue weighted by molar-refractivity contribution is 0.253. The van der Waals surface area contributed by atoms with Crippen molar-refractivity contribution in [1.82, 2.24) is 4.90 Å². The molecule has 96 valence electrons. The molecule has 1 aliphatic rings. The Morgan fingerprint density at radius 3 is 2.59 bits per heavy atom.